The first-order valence-electron chi connectivity index (χ1n) is 5.12. The lowest BCUT2D eigenvalue weighted by molar-refractivity contribution is 0.341. The molecule has 1 nitrogen and oxygen atoms in total. The van der Waals surface area contributed by atoms with Gasteiger partial charge in [0.15, 0.2) is 0 Å². The topological polar surface area (TPSA) is 12.0 Å². The zero-order valence-corrected chi connectivity index (χ0v) is 8.91. The van der Waals surface area contributed by atoms with E-state index >= 15 is 0 Å². The lowest BCUT2D eigenvalue weighted by Crippen LogP contribution is -2.43. The van der Waals surface area contributed by atoms with E-state index in [1.807, 2.05) is 0 Å². The van der Waals surface area contributed by atoms with Crippen molar-refractivity contribution in [3.05, 3.63) is 0 Å². The molecule has 0 amide bonds. The minimum absolute atomic E-state index is 0.413. The summed E-state index contributed by atoms with van der Waals surface area (Å²) in [5, 5.41) is 3.74. The van der Waals surface area contributed by atoms with E-state index in [9.17, 15) is 0 Å². The highest BCUT2D eigenvalue weighted by Crippen LogP contribution is 2.43. The molecule has 1 aliphatic carbocycles. The molecule has 12 heavy (non-hydrogen) atoms. The van der Waals surface area contributed by atoms with Crippen molar-refractivity contribution < 1.29 is 0 Å². The summed E-state index contributed by atoms with van der Waals surface area (Å²) >= 11 is 2.14. The minimum Gasteiger partial charge on any atom is -0.299 e. The van der Waals surface area contributed by atoms with Crippen LogP contribution < -0.4 is 5.32 Å². The molecular weight excluding hydrogens is 166 g/mol. The predicted octanol–water partition coefficient (Wildman–Crippen LogP) is 2.62. The van der Waals surface area contributed by atoms with E-state index in [4.69, 9.17) is 0 Å². The molecule has 2 fully saturated rings. The fourth-order valence-electron chi connectivity index (χ4n) is 2.58. The van der Waals surface area contributed by atoms with E-state index in [1.165, 1.54) is 31.4 Å². The van der Waals surface area contributed by atoms with Gasteiger partial charge in [0.2, 0.25) is 0 Å². The Morgan fingerprint density at radius 1 is 1.33 bits per heavy atom. The molecule has 2 rings (SSSR count). The van der Waals surface area contributed by atoms with Gasteiger partial charge in [0.1, 0.15) is 0 Å². The number of nitrogens with one attached hydrogen (secondary N) is 1. The third-order valence-corrected chi connectivity index (χ3v) is 5.02. The Hall–Kier alpha value is 0.310. The average molecular weight is 185 g/mol. The van der Waals surface area contributed by atoms with Crippen LogP contribution >= 0.6 is 11.8 Å². The molecule has 2 aliphatic rings. The molecule has 1 saturated heterocycles. The van der Waals surface area contributed by atoms with Gasteiger partial charge in [0, 0.05) is 11.8 Å². The summed E-state index contributed by atoms with van der Waals surface area (Å²) in [6.45, 7) is 4.70. The number of hydrogen-bond donors (Lipinski definition) is 1. The average Bonchev–Trinajstić information content (AvgIpc) is 2.59. The molecule has 0 aromatic carbocycles. The van der Waals surface area contributed by atoms with Crippen LogP contribution in [0, 0.1) is 5.92 Å². The maximum atomic E-state index is 3.74. The van der Waals surface area contributed by atoms with Crippen molar-refractivity contribution in [2.75, 3.05) is 5.75 Å². The highest BCUT2D eigenvalue weighted by molar-refractivity contribution is 8.00. The van der Waals surface area contributed by atoms with E-state index in [-0.39, 0.29) is 0 Å². The molecule has 70 valence electrons. The molecule has 1 aliphatic heterocycles. The summed E-state index contributed by atoms with van der Waals surface area (Å²) in [5.41, 5.74) is 0. The van der Waals surface area contributed by atoms with Crippen molar-refractivity contribution in [1.82, 2.24) is 5.32 Å². The van der Waals surface area contributed by atoms with Crippen molar-refractivity contribution in [3.63, 3.8) is 0 Å². The number of hydrogen-bond acceptors (Lipinski definition) is 2. The standard InChI is InChI=1S/C10H19NS/c1-8-7-12-10(2,11-8)9-5-3-4-6-9/h8-9,11H,3-7H2,1-2H3. The van der Waals surface area contributed by atoms with Gasteiger partial charge in [0.05, 0.1) is 4.87 Å². The monoisotopic (exact) mass is 185 g/mol. The first-order valence-corrected chi connectivity index (χ1v) is 6.11. The second kappa shape index (κ2) is 3.22. The first kappa shape index (κ1) is 8.89. The molecule has 2 heteroatoms. The van der Waals surface area contributed by atoms with E-state index in [2.05, 4.69) is 30.9 Å². The van der Waals surface area contributed by atoms with E-state index in [1.54, 1.807) is 0 Å². The summed E-state index contributed by atoms with van der Waals surface area (Å²) in [6, 6.07) is 0.723. The van der Waals surface area contributed by atoms with Gasteiger partial charge in [-0.1, -0.05) is 12.8 Å². The molecule has 0 spiro atoms. The third kappa shape index (κ3) is 1.51. The van der Waals surface area contributed by atoms with Gasteiger partial charge >= 0.3 is 0 Å². The quantitative estimate of drug-likeness (QED) is 0.674. The Morgan fingerprint density at radius 2 is 2.00 bits per heavy atom. The van der Waals surface area contributed by atoms with E-state index in [0.29, 0.717) is 4.87 Å². The Labute approximate surface area is 79.7 Å². The first-order chi connectivity index (χ1) is 5.71. The molecule has 0 radical (unpaired) electrons. The van der Waals surface area contributed by atoms with Gasteiger partial charge in [-0.05, 0) is 32.6 Å². The molecular formula is C10H19NS. The summed E-state index contributed by atoms with van der Waals surface area (Å²) in [6.07, 6.45) is 5.81. The smallest absolute Gasteiger partial charge is 0.0648 e. The molecule has 0 bridgehead atoms. The third-order valence-electron chi connectivity index (χ3n) is 3.30. The lowest BCUT2D eigenvalue weighted by atomic mass is 9.98. The van der Waals surface area contributed by atoms with Gasteiger partial charge in [-0.25, -0.2) is 0 Å². The summed E-state index contributed by atoms with van der Waals surface area (Å²) in [5.74, 6) is 2.24. The fourth-order valence-corrected chi connectivity index (χ4v) is 4.02. The summed E-state index contributed by atoms with van der Waals surface area (Å²) in [7, 11) is 0. The number of rotatable bonds is 1. The van der Waals surface area contributed by atoms with Gasteiger partial charge in [-0.2, -0.15) is 0 Å². The summed E-state index contributed by atoms with van der Waals surface area (Å²) < 4.78 is 0. The van der Waals surface area contributed by atoms with Crippen molar-refractivity contribution in [2.24, 2.45) is 5.92 Å². The molecule has 1 heterocycles. The SMILES string of the molecule is CC1CSC(C)(C2CCCC2)N1. The van der Waals surface area contributed by atoms with Gasteiger partial charge in [0.25, 0.3) is 0 Å². The zero-order valence-electron chi connectivity index (χ0n) is 8.10. The van der Waals surface area contributed by atoms with Crippen molar-refractivity contribution >= 4 is 11.8 Å². The lowest BCUT2D eigenvalue weighted by Gasteiger charge is -2.31. The number of thioether (sulfide) groups is 1. The van der Waals surface area contributed by atoms with Crippen LogP contribution in [-0.2, 0) is 0 Å². The molecule has 0 aromatic rings. The zero-order chi connectivity index (χ0) is 8.60. The fraction of sp³-hybridized carbons (Fsp3) is 1.00. The molecule has 2 atom stereocenters. The largest absolute Gasteiger partial charge is 0.299 e. The van der Waals surface area contributed by atoms with E-state index in [0.717, 1.165) is 12.0 Å². The highest BCUT2D eigenvalue weighted by Gasteiger charge is 2.40. The van der Waals surface area contributed by atoms with Gasteiger partial charge in [-0.15, -0.1) is 11.8 Å². The van der Waals surface area contributed by atoms with Crippen LogP contribution in [0.25, 0.3) is 0 Å². The van der Waals surface area contributed by atoms with Gasteiger partial charge in [-0.3, -0.25) is 5.32 Å². The summed E-state index contributed by atoms with van der Waals surface area (Å²) in [4.78, 5) is 0.413. The van der Waals surface area contributed by atoms with Crippen LogP contribution in [0.2, 0.25) is 0 Å². The van der Waals surface area contributed by atoms with Gasteiger partial charge < -0.3 is 0 Å². The van der Waals surface area contributed by atoms with Crippen molar-refractivity contribution in [2.45, 2.75) is 50.4 Å². The Kier molecular flexibility index (Phi) is 2.39. The molecule has 0 aromatic heterocycles. The van der Waals surface area contributed by atoms with E-state index < -0.39 is 0 Å². The van der Waals surface area contributed by atoms with Crippen LogP contribution in [0.1, 0.15) is 39.5 Å². The van der Waals surface area contributed by atoms with Crippen LogP contribution in [0.15, 0.2) is 0 Å². The molecule has 2 unspecified atom stereocenters. The predicted molar refractivity (Wildman–Crippen MR) is 55.4 cm³/mol. The Morgan fingerprint density at radius 3 is 2.50 bits per heavy atom. The van der Waals surface area contributed by atoms with Crippen molar-refractivity contribution in [1.29, 1.82) is 0 Å². The van der Waals surface area contributed by atoms with Crippen LogP contribution in [-0.4, -0.2) is 16.7 Å². The van der Waals surface area contributed by atoms with Crippen LogP contribution in [0.3, 0.4) is 0 Å². The Bertz CT molecular complexity index is 165. The van der Waals surface area contributed by atoms with Crippen molar-refractivity contribution in [3.8, 4) is 0 Å². The second-order valence-corrected chi connectivity index (χ2v) is 5.91. The maximum Gasteiger partial charge on any atom is 0.0648 e. The normalized spacial score (nSPS) is 44.0. The minimum atomic E-state index is 0.413. The second-order valence-electron chi connectivity index (χ2n) is 4.44. The molecule has 1 N–H and O–H groups in total. The van der Waals surface area contributed by atoms with Crippen LogP contribution in [0.5, 0.6) is 0 Å². The molecule has 1 saturated carbocycles. The highest BCUT2D eigenvalue weighted by atomic mass is 32.2. The Balaban J connectivity index is 2.00. The van der Waals surface area contributed by atoms with Crippen LogP contribution in [0.4, 0.5) is 0 Å². The maximum absolute atomic E-state index is 3.74.